The van der Waals surface area contributed by atoms with Gasteiger partial charge in [0.25, 0.3) is 17.7 Å². The Balaban J connectivity index is 1.28. The highest BCUT2D eigenvalue weighted by Crippen LogP contribution is 2.38. The van der Waals surface area contributed by atoms with Crippen LogP contribution in [0.3, 0.4) is 0 Å². The van der Waals surface area contributed by atoms with Crippen LogP contribution in [0.15, 0.2) is 30.3 Å². The van der Waals surface area contributed by atoms with Crippen LogP contribution in [0.25, 0.3) is 0 Å². The van der Waals surface area contributed by atoms with Crippen LogP contribution in [-0.2, 0) is 9.59 Å². The molecule has 1 aromatic heterocycles. The highest BCUT2D eigenvalue weighted by atomic mass is 35.5. The maximum Gasteiger partial charge on any atom is 0.264 e. The van der Waals surface area contributed by atoms with Crippen LogP contribution in [0.2, 0.25) is 4.34 Å². The van der Waals surface area contributed by atoms with Crippen molar-refractivity contribution in [2.45, 2.75) is 38.6 Å². The number of carbonyl (C=O) groups is 5. The number of benzene rings is 1. The van der Waals surface area contributed by atoms with Crippen molar-refractivity contribution in [3.05, 3.63) is 50.7 Å². The van der Waals surface area contributed by atoms with Crippen LogP contribution in [0.4, 0.5) is 5.69 Å². The Bertz CT molecular complexity index is 1280. The molecule has 11 heteroatoms. The molecule has 0 saturated carbocycles. The largest absolute Gasteiger partial charge is 0.371 e. The third-order valence-electron chi connectivity index (χ3n) is 7.23. The van der Waals surface area contributed by atoms with E-state index in [1.54, 1.807) is 24.3 Å². The molecule has 1 atom stereocenters. The van der Waals surface area contributed by atoms with E-state index < -0.39 is 29.7 Å². The lowest BCUT2D eigenvalue weighted by molar-refractivity contribution is -0.136. The summed E-state index contributed by atoms with van der Waals surface area (Å²) >= 11 is 7.17. The van der Waals surface area contributed by atoms with Crippen molar-refractivity contribution in [3.8, 4) is 0 Å². The number of nitrogens with zero attached hydrogens (tertiary/aromatic N) is 2. The number of carbonyl (C=O) groups excluding carboxylic acids is 5. The van der Waals surface area contributed by atoms with E-state index in [4.69, 9.17) is 11.6 Å². The molecule has 9 nitrogen and oxygen atoms in total. The number of anilines is 1. The first-order valence-electron chi connectivity index (χ1n) is 11.8. The lowest BCUT2D eigenvalue weighted by Crippen LogP contribution is -2.54. The van der Waals surface area contributed by atoms with Crippen LogP contribution < -0.4 is 15.5 Å². The van der Waals surface area contributed by atoms with E-state index in [2.05, 4.69) is 22.5 Å². The first-order chi connectivity index (χ1) is 17.2. The molecule has 0 aliphatic carbocycles. The second kappa shape index (κ2) is 9.33. The molecule has 4 heterocycles. The van der Waals surface area contributed by atoms with E-state index in [1.165, 1.54) is 11.3 Å². The summed E-state index contributed by atoms with van der Waals surface area (Å²) in [4.78, 5) is 66.5. The summed E-state index contributed by atoms with van der Waals surface area (Å²) in [6.45, 7) is 3.94. The first kappa shape index (κ1) is 24.5. The molecule has 2 N–H and O–H groups in total. The fourth-order valence-electron chi connectivity index (χ4n) is 5.04. The highest BCUT2D eigenvalue weighted by Gasteiger charge is 2.46. The summed E-state index contributed by atoms with van der Waals surface area (Å²) in [5, 5.41) is 5.23. The smallest absolute Gasteiger partial charge is 0.264 e. The molecule has 1 aromatic carbocycles. The fourth-order valence-corrected chi connectivity index (χ4v) is 6.00. The molecule has 36 heavy (non-hydrogen) atoms. The average molecular weight is 529 g/mol. The molecule has 0 radical (unpaired) electrons. The van der Waals surface area contributed by atoms with Crippen molar-refractivity contribution in [2.24, 2.45) is 5.41 Å². The Kier molecular flexibility index (Phi) is 6.34. The van der Waals surface area contributed by atoms with Crippen molar-refractivity contribution in [1.82, 2.24) is 15.5 Å². The molecule has 2 saturated heterocycles. The maximum absolute atomic E-state index is 13.4. The summed E-state index contributed by atoms with van der Waals surface area (Å²) in [5.74, 6) is -2.18. The molecular weight excluding hydrogens is 504 g/mol. The molecule has 2 aromatic rings. The number of nitrogens with one attached hydrogen (secondary N) is 2. The van der Waals surface area contributed by atoms with Gasteiger partial charge in [0.05, 0.1) is 26.0 Å². The van der Waals surface area contributed by atoms with Crippen molar-refractivity contribution >= 4 is 58.2 Å². The standard InChI is InChI=1S/C25H25ClN4O5S/c1-25(13-27-22(33)17-6-7-18(26)36-17)9-11-29(12-10-25)15-4-2-3-14-20(15)24(35)30(23(14)34)16-5-8-19(31)28-21(16)32/h2-4,6-7,16H,5,8-13H2,1H3,(H,27,33)(H,28,31,32). The van der Waals surface area contributed by atoms with Gasteiger partial charge < -0.3 is 10.2 Å². The number of hydrogen-bond acceptors (Lipinski definition) is 7. The summed E-state index contributed by atoms with van der Waals surface area (Å²) in [5.41, 5.74) is 1.13. The van der Waals surface area contributed by atoms with Crippen LogP contribution in [0.1, 0.15) is 63.0 Å². The number of hydrogen-bond donors (Lipinski definition) is 2. The minimum Gasteiger partial charge on any atom is -0.371 e. The summed E-state index contributed by atoms with van der Waals surface area (Å²) in [7, 11) is 0. The quantitative estimate of drug-likeness (QED) is 0.577. The second-order valence-electron chi connectivity index (χ2n) is 9.73. The molecule has 5 amide bonds. The van der Waals surface area contributed by atoms with Gasteiger partial charge in [0, 0.05) is 26.1 Å². The van der Waals surface area contributed by atoms with Crippen LogP contribution in [0.5, 0.6) is 0 Å². The number of thiophene rings is 1. The summed E-state index contributed by atoms with van der Waals surface area (Å²) in [6.07, 6.45) is 1.76. The van der Waals surface area contributed by atoms with Gasteiger partial charge in [-0.05, 0) is 48.9 Å². The lowest BCUT2D eigenvalue weighted by Gasteiger charge is -2.41. The van der Waals surface area contributed by atoms with Crippen molar-refractivity contribution < 1.29 is 24.0 Å². The Hall–Kier alpha value is -3.24. The van der Waals surface area contributed by atoms with E-state index in [0.717, 1.165) is 17.7 Å². The molecular formula is C25H25ClN4O5S. The summed E-state index contributed by atoms with van der Waals surface area (Å²) < 4.78 is 0.569. The molecule has 1 unspecified atom stereocenters. The molecule has 5 rings (SSSR count). The Morgan fingerprint density at radius 2 is 1.89 bits per heavy atom. The first-order valence-corrected chi connectivity index (χ1v) is 13.0. The number of amides is 5. The third kappa shape index (κ3) is 4.39. The van der Waals surface area contributed by atoms with Gasteiger partial charge >= 0.3 is 0 Å². The van der Waals surface area contributed by atoms with Gasteiger partial charge in [-0.2, -0.15) is 0 Å². The van der Waals surface area contributed by atoms with Gasteiger partial charge in [0.2, 0.25) is 11.8 Å². The van der Waals surface area contributed by atoms with Gasteiger partial charge in [-0.3, -0.25) is 34.2 Å². The van der Waals surface area contributed by atoms with E-state index >= 15 is 0 Å². The zero-order valence-electron chi connectivity index (χ0n) is 19.6. The minimum atomic E-state index is -0.991. The third-order valence-corrected chi connectivity index (χ3v) is 8.46. The monoisotopic (exact) mass is 528 g/mol. The Labute approximate surface area is 216 Å². The zero-order valence-corrected chi connectivity index (χ0v) is 21.2. The van der Waals surface area contributed by atoms with E-state index in [0.29, 0.717) is 40.1 Å². The van der Waals surface area contributed by atoms with Gasteiger partial charge in [-0.25, -0.2) is 0 Å². The van der Waals surface area contributed by atoms with Crippen molar-refractivity contribution in [3.63, 3.8) is 0 Å². The van der Waals surface area contributed by atoms with Gasteiger partial charge in [0.1, 0.15) is 6.04 Å². The number of fused-ring (bicyclic) bond motifs is 1. The van der Waals surface area contributed by atoms with E-state index in [9.17, 15) is 24.0 Å². The topological polar surface area (TPSA) is 116 Å². The second-order valence-corrected chi connectivity index (χ2v) is 11.4. The Morgan fingerprint density at radius 1 is 1.14 bits per heavy atom. The number of imide groups is 2. The molecule has 3 aliphatic rings. The van der Waals surface area contributed by atoms with Crippen LogP contribution >= 0.6 is 22.9 Å². The maximum atomic E-state index is 13.4. The van der Waals surface area contributed by atoms with Crippen molar-refractivity contribution in [1.29, 1.82) is 0 Å². The normalized spacial score (nSPS) is 21.4. The van der Waals surface area contributed by atoms with Gasteiger partial charge in [0.15, 0.2) is 0 Å². The fraction of sp³-hybridized carbons (Fsp3) is 0.400. The number of rotatable bonds is 5. The van der Waals surface area contributed by atoms with E-state index in [1.807, 2.05) is 6.07 Å². The van der Waals surface area contributed by atoms with Crippen LogP contribution in [-0.4, -0.2) is 60.1 Å². The zero-order chi connectivity index (χ0) is 25.6. The van der Waals surface area contributed by atoms with E-state index in [-0.39, 0.29) is 29.7 Å². The van der Waals surface area contributed by atoms with Gasteiger partial charge in [-0.1, -0.05) is 24.6 Å². The number of halogens is 1. The Morgan fingerprint density at radius 3 is 2.56 bits per heavy atom. The number of piperidine rings is 2. The van der Waals surface area contributed by atoms with Crippen molar-refractivity contribution in [2.75, 3.05) is 24.5 Å². The molecule has 188 valence electrons. The lowest BCUT2D eigenvalue weighted by atomic mass is 9.80. The minimum absolute atomic E-state index is 0.0808. The molecule has 0 spiro atoms. The molecule has 0 bridgehead atoms. The predicted octanol–water partition coefficient (Wildman–Crippen LogP) is 2.84. The average Bonchev–Trinajstić information content (AvgIpc) is 3.40. The SMILES string of the molecule is CC1(CNC(=O)c2ccc(Cl)s2)CCN(c2cccc3c2C(=O)N(C2CCC(=O)NC2=O)C3=O)CC1. The molecule has 2 fully saturated rings. The molecule has 3 aliphatic heterocycles. The van der Waals surface area contributed by atoms with Gasteiger partial charge in [-0.15, -0.1) is 11.3 Å². The predicted molar refractivity (Wildman–Crippen MR) is 134 cm³/mol. The highest BCUT2D eigenvalue weighted by molar-refractivity contribution is 7.18. The van der Waals surface area contributed by atoms with Crippen LogP contribution in [0, 0.1) is 5.41 Å². The summed E-state index contributed by atoms with van der Waals surface area (Å²) in [6, 6.07) is 7.59.